The highest BCUT2D eigenvalue weighted by atomic mass is 16.7. The van der Waals surface area contributed by atoms with Crippen LogP contribution in [0.5, 0.6) is 17.2 Å². The Morgan fingerprint density at radius 2 is 1.74 bits per heavy atom. The maximum absolute atomic E-state index is 13.0. The van der Waals surface area contributed by atoms with E-state index in [4.69, 9.17) is 23.4 Å². The van der Waals surface area contributed by atoms with Crippen molar-refractivity contribution in [1.82, 2.24) is 0 Å². The number of esters is 1. The van der Waals surface area contributed by atoms with Gasteiger partial charge in [-0.3, -0.25) is 9.59 Å². The minimum absolute atomic E-state index is 0.0768. The van der Waals surface area contributed by atoms with Crippen LogP contribution in [0.4, 0.5) is 0 Å². The first-order valence-electron chi connectivity index (χ1n) is 10.5. The molecule has 1 fully saturated rings. The summed E-state index contributed by atoms with van der Waals surface area (Å²) in [5.41, 5.74) is 0.235. The van der Waals surface area contributed by atoms with Crippen molar-refractivity contribution in [2.75, 3.05) is 7.11 Å². The molecule has 4 rings (SSSR count). The van der Waals surface area contributed by atoms with Gasteiger partial charge in [0, 0.05) is 18.6 Å². The number of aliphatic hydroxyl groups excluding tert-OH is 3. The van der Waals surface area contributed by atoms with Gasteiger partial charge in [0.15, 0.2) is 16.9 Å². The number of ether oxygens (including phenoxy) is 4. The van der Waals surface area contributed by atoms with Gasteiger partial charge in [-0.1, -0.05) is 6.07 Å². The molecule has 180 valence electrons. The number of methoxy groups -OCH3 is 1. The third-order valence-electron chi connectivity index (χ3n) is 5.47. The Kier molecular flexibility index (Phi) is 6.58. The van der Waals surface area contributed by atoms with Gasteiger partial charge >= 0.3 is 5.97 Å². The fourth-order valence-corrected chi connectivity index (χ4v) is 3.72. The van der Waals surface area contributed by atoms with Crippen LogP contribution in [-0.4, -0.2) is 59.1 Å². The van der Waals surface area contributed by atoms with E-state index in [9.17, 15) is 24.9 Å². The first-order valence-corrected chi connectivity index (χ1v) is 10.5. The summed E-state index contributed by atoms with van der Waals surface area (Å²) >= 11 is 0. The van der Waals surface area contributed by atoms with Gasteiger partial charge in [0.25, 0.3) is 0 Å². The molecule has 10 heteroatoms. The van der Waals surface area contributed by atoms with E-state index in [1.807, 2.05) is 0 Å². The lowest BCUT2D eigenvalue weighted by atomic mass is 10.00. The van der Waals surface area contributed by atoms with Crippen molar-refractivity contribution in [2.45, 2.75) is 44.6 Å². The monoisotopic (exact) mass is 472 g/mol. The third-order valence-corrected chi connectivity index (χ3v) is 5.47. The Morgan fingerprint density at radius 3 is 2.44 bits per heavy atom. The van der Waals surface area contributed by atoms with Crippen LogP contribution in [0, 0.1) is 0 Å². The Labute approximate surface area is 193 Å². The lowest BCUT2D eigenvalue weighted by Gasteiger charge is -2.38. The predicted molar refractivity (Wildman–Crippen MR) is 119 cm³/mol. The highest BCUT2D eigenvalue weighted by Gasteiger charge is 2.43. The van der Waals surface area contributed by atoms with Crippen LogP contribution >= 0.6 is 0 Å². The molecule has 1 aromatic heterocycles. The van der Waals surface area contributed by atoms with Gasteiger partial charge in [-0.25, -0.2) is 0 Å². The van der Waals surface area contributed by atoms with Crippen LogP contribution < -0.4 is 19.6 Å². The van der Waals surface area contributed by atoms with Crippen LogP contribution in [0.1, 0.15) is 13.8 Å². The molecule has 10 nitrogen and oxygen atoms in total. The van der Waals surface area contributed by atoms with Gasteiger partial charge in [-0.2, -0.15) is 0 Å². The van der Waals surface area contributed by atoms with Crippen molar-refractivity contribution < 1.29 is 43.5 Å². The SMILES string of the molecule is COc1ccc(-c2cc(=O)c3c(OC4OC(C)C(O)C(O)C4O)cccc3o2)cc1OC(C)=O. The van der Waals surface area contributed by atoms with Crippen molar-refractivity contribution in [1.29, 1.82) is 0 Å². The quantitative estimate of drug-likeness (QED) is 0.370. The van der Waals surface area contributed by atoms with Crippen molar-refractivity contribution >= 4 is 16.9 Å². The Balaban J connectivity index is 1.71. The summed E-state index contributed by atoms with van der Waals surface area (Å²) in [5.74, 6) is 0.270. The van der Waals surface area contributed by atoms with E-state index in [0.717, 1.165) is 0 Å². The molecular formula is C24H24O10. The molecule has 0 spiro atoms. The normalized spacial score (nSPS) is 24.6. The van der Waals surface area contributed by atoms with Gasteiger partial charge in [-0.05, 0) is 37.3 Å². The molecule has 0 aliphatic carbocycles. The molecule has 1 aliphatic heterocycles. The summed E-state index contributed by atoms with van der Waals surface area (Å²) < 4.78 is 27.5. The predicted octanol–water partition coefficient (Wildman–Crippen LogP) is 1.60. The number of aliphatic hydroxyl groups is 3. The molecule has 5 unspecified atom stereocenters. The van der Waals surface area contributed by atoms with Gasteiger partial charge < -0.3 is 38.7 Å². The highest BCUT2D eigenvalue weighted by Crippen LogP contribution is 2.34. The van der Waals surface area contributed by atoms with Crippen molar-refractivity contribution in [3.63, 3.8) is 0 Å². The lowest BCUT2D eigenvalue weighted by molar-refractivity contribution is -0.267. The molecule has 3 aromatic rings. The van der Waals surface area contributed by atoms with Crippen LogP contribution in [0.3, 0.4) is 0 Å². The smallest absolute Gasteiger partial charge is 0.308 e. The summed E-state index contributed by atoms with van der Waals surface area (Å²) in [6.07, 6.45) is -6.41. The summed E-state index contributed by atoms with van der Waals surface area (Å²) in [6.45, 7) is 2.79. The van der Waals surface area contributed by atoms with Crippen molar-refractivity contribution in [3.05, 3.63) is 52.7 Å². The molecule has 0 bridgehead atoms. The van der Waals surface area contributed by atoms with Gasteiger partial charge in [-0.15, -0.1) is 0 Å². The summed E-state index contributed by atoms with van der Waals surface area (Å²) in [6, 6.07) is 10.7. The summed E-state index contributed by atoms with van der Waals surface area (Å²) in [4.78, 5) is 24.5. The van der Waals surface area contributed by atoms with Crippen molar-refractivity contribution in [2.24, 2.45) is 0 Å². The average molecular weight is 472 g/mol. The maximum Gasteiger partial charge on any atom is 0.308 e. The van der Waals surface area contributed by atoms with Gasteiger partial charge in [0.2, 0.25) is 6.29 Å². The first kappa shape index (κ1) is 23.7. The highest BCUT2D eigenvalue weighted by molar-refractivity contribution is 5.85. The van der Waals surface area contributed by atoms with E-state index in [1.165, 1.54) is 39.2 Å². The number of hydrogen-bond donors (Lipinski definition) is 3. The largest absolute Gasteiger partial charge is 0.493 e. The summed E-state index contributed by atoms with van der Waals surface area (Å²) in [5, 5.41) is 30.2. The number of benzene rings is 2. The molecule has 34 heavy (non-hydrogen) atoms. The summed E-state index contributed by atoms with van der Waals surface area (Å²) in [7, 11) is 1.44. The number of fused-ring (bicyclic) bond motifs is 1. The molecule has 3 N–H and O–H groups in total. The second kappa shape index (κ2) is 9.43. The van der Waals surface area contributed by atoms with Crippen molar-refractivity contribution in [3.8, 4) is 28.6 Å². The topological polar surface area (TPSA) is 145 Å². The standard InChI is InChI=1S/C24H24O10/c1-11-21(27)22(28)23(29)24(31-11)34-17-6-4-5-16-20(17)14(26)10-18(33-16)13-7-8-15(30-3)19(9-13)32-12(2)25/h4-11,21-24,27-29H,1-3H3. The van der Waals surface area contributed by atoms with E-state index in [0.29, 0.717) is 11.3 Å². The van der Waals surface area contributed by atoms with Gasteiger partial charge in [0.1, 0.15) is 40.8 Å². The number of carbonyl (C=O) groups excluding carboxylic acids is 1. The Hall–Kier alpha value is -3.44. The molecule has 1 aliphatic rings. The first-order chi connectivity index (χ1) is 16.2. The van der Waals surface area contributed by atoms with E-state index >= 15 is 0 Å². The van der Waals surface area contributed by atoms with Crippen LogP contribution in [0.15, 0.2) is 51.7 Å². The lowest BCUT2D eigenvalue weighted by Crippen LogP contribution is -2.58. The second-order valence-electron chi connectivity index (χ2n) is 7.86. The molecule has 5 atom stereocenters. The van der Waals surface area contributed by atoms with E-state index in [2.05, 4.69) is 0 Å². The molecule has 0 radical (unpaired) electrons. The van der Waals surface area contributed by atoms with Gasteiger partial charge in [0.05, 0.1) is 13.2 Å². The van der Waals surface area contributed by atoms with E-state index in [1.54, 1.807) is 24.3 Å². The van der Waals surface area contributed by atoms with E-state index in [-0.39, 0.29) is 28.2 Å². The van der Waals surface area contributed by atoms with Crippen LogP contribution in [-0.2, 0) is 9.53 Å². The molecular weight excluding hydrogens is 448 g/mol. The molecule has 0 saturated carbocycles. The fraction of sp³-hybridized carbons (Fsp3) is 0.333. The number of hydrogen-bond acceptors (Lipinski definition) is 10. The number of carbonyl (C=O) groups is 1. The van der Waals surface area contributed by atoms with Crippen LogP contribution in [0.25, 0.3) is 22.3 Å². The molecule has 1 saturated heterocycles. The zero-order valence-electron chi connectivity index (χ0n) is 18.6. The van der Waals surface area contributed by atoms with Crippen LogP contribution in [0.2, 0.25) is 0 Å². The Bertz CT molecular complexity index is 1270. The third kappa shape index (κ3) is 4.48. The average Bonchev–Trinajstić information content (AvgIpc) is 2.80. The number of rotatable bonds is 5. The zero-order chi connectivity index (χ0) is 24.6. The minimum Gasteiger partial charge on any atom is -0.493 e. The zero-order valence-corrected chi connectivity index (χ0v) is 18.6. The molecule has 2 aromatic carbocycles. The fourth-order valence-electron chi connectivity index (χ4n) is 3.72. The minimum atomic E-state index is -1.54. The molecule has 2 heterocycles. The Morgan fingerprint density at radius 1 is 0.971 bits per heavy atom. The van der Waals surface area contributed by atoms with E-state index < -0.39 is 42.1 Å². The molecule has 0 amide bonds. The maximum atomic E-state index is 13.0. The second-order valence-corrected chi connectivity index (χ2v) is 7.86.